The molecule has 1 amide bonds. The van der Waals surface area contributed by atoms with Crippen molar-refractivity contribution >= 4 is 6.41 Å². The average Bonchev–Trinajstić information content (AvgIpc) is 2.48. The predicted octanol–water partition coefficient (Wildman–Crippen LogP) is 0.503. The van der Waals surface area contributed by atoms with Crippen molar-refractivity contribution < 1.29 is 14.6 Å². The van der Waals surface area contributed by atoms with Gasteiger partial charge in [-0.2, -0.15) is 0 Å². The first-order valence-electron chi connectivity index (χ1n) is 6.46. The minimum atomic E-state index is -0.530. The molecule has 0 aromatic heterocycles. The molecule has 1 aromatic rings. The number of methoxy groups -OCH3 is 1. The van der Waals surface area contributed by atoms with Crippen molar-refractivity contribution in [1.82, 2.24) is 9.80 Å². The summed E-state index contributed by atoms with van der Waals surface area (Å²) >= 11 is 0. The number of carbonyl (C=O) groups excluding carboxylic acids is 1. The van der Waals surface area contributed by atoms with E-state index in [0.717, 1.165) is 43.9 Å². The molecule has 1 saturated heterocycles. The van der Waals surface area contributed by atoms with Crippen LogP contribution in [0.25, 0.3) is 0 Å². The molecule has 1 fully saturated rings. The monoisotopic (exact) mass is 264 g/mol. The quantitative estimate of drug-likeness (QED) is 0.787. The predicted molar refractivity (Wildman–Crippen MR) is 72.0 cm³/mol. The van der Waals surface area contributed by atoms with E-state index < -0.39 is 6.10 Å². The second-order valence-electron chi connectivity index (χ2n) is 4.73. The second kappa shape index (κ2) is 6.54. The number of hydrogen-bond acceptors (Lipinski definition) is 4. The number of amides is 1. The van der Waals surface area contributed by atoms with E-state index in [1.54, 1.807) is 12.0 Å². The summed E-state index contributed by atoms with van der Waals surface area (Å²) in [5.74, 6) is 0.752. The third kappa shape index (κ3) is 3.68. The normalized spacial score (nSPS) is 18.1. The Morgan fingerprint density at radius 2 is 2.11 bits per heavy atom. The van der Waals surface area contributed by atoms with Gasteiger partial charge in [-0.25, -0.2) is 0 Å². The first kappa shape index (κ1) is 13.8. The van der Waals surface area contributed by atoms with Crippen LogP contribution in [0.3, 0.4) is 0 Å². The number of ether oxygens (including phenoxy) is 1. The van der Waals surface area contributed by atoms with Crippen molar-refractivity contribution in [2.24, 2.45) is 0 Å². The van der Waals surface area contributed by atoms with Gasteiger partial charge in [0.25, 0.3) is 0 Å². The molecule has 0 bridgehead atoms. The van der Waals surface area contributed by atoms with Gasteiger partial charge in [0.15, 0.2) is 0 Å². The third-order valence-corrected chi connectivity index (χ3v) is 3.47. The molecular formula is C14H20N2O3. The summed E-state index contributed by atoms with van der Waals surface area (Å²) in [4.78, 5) is 14.6. The van der Waals surface area contributed by atoms with E-state index in [0.29, 0.717) is 6.54 Å². The van der Waals surface area contributed by atoms with Gasteiger partial charge < -0.3 is 14.7 Å². The van der Waals surface area contributed by atoms with Gasteiger partial charge in [0.1, 0.15) is 5.75 Å². The van der Waals surface area contributed by atoms with Crippen LogP contribution in [-0.2, 0) is 4.79 Å². The van der Waals surface area contributed by atoms with Gasteiger partial charge in [0, 0.05) is 32.7 Å². The van der Waals surface area contributed by atoms with Gasteiger partial charge in [-0.15, -0.1) is 0 Å². The molecule has 0 aliphatic carbocycles. The standard InChI is InChI=1S/C14H20N2O3/c1-19-13-4-2-3-12(9-13)14(18)10-15-5-7-16(11-17)8-6-15/h2-4,9,11,14,18H,5-8,10H2,1H3. The lowest BCUT2D eigenvalue weighted by atomic mass is 10.1. The number of aliphatic hydroxyl groups excluding tert-OH is 1. The fourth-order valence-electron chi connectivity index (χ4n) is 2.25. The molecular weight excluding hydrogens is 244 g/mol. The van der Waals surface area contributed by atoms with E-state index in [2.05, 4.69) is 4.90 Å². The van der Waals surface area contributed by atoms with Crippen LogP contribution in [0.5, 0.6) is 5.75 Å². The highest BCUT2D eigenvalue weighted by molar-refractivity contribution is 5.47. The van der Waals surface area contributed by atoms with Crippen LogP contribution in [0.4, 0.5) is 0 Å². The zero-order valence-corrected chi connectivity index (χ0v) is 11.2. The number of nitrogens with zero attached hydrogens (tertiary/aromatic N) is 2. The molecule has 19 heavy (non-hydrogen) atoms. The maximum Gasteiger partial charge on any atom is 0.209 e. The first-order chi connectivity index (χ1) is 9.22. The fourth-order valence-corrected chi connectivity index (χ4v) is 2.25. The minimum Gasteiger partial charge on any atom is -0.497 e. The van der Waals surface area contributed by atoms with Crippen LogP contribution in [-0.4, -0.2) is 61.2 Å². The van der Waals surface area contributed by atoms with Gasteiger partial charge in [-0.3, -0.25) is 9.69 Å². The highest BCUT2D eigenvalue weighted by Crippen LogP contribution is 2.20. The van der Waals surface area contributed by atoms with Crippen LogP contribution < -0.4 is 4.74 Å². The minimum absolute atomic E-state index is 0.530. The van der Waals surface area contributed by atoms with E-state index >= 15 is 0 Å². The number of β-amino-alcohol motifs (C(OH)–C–C–N with tert-alkyl or cyclic N) is 1. The van der Waals surface area contributed by atoms with Crippen molar-refractivity contribution in [3.8, 4) is 5.75 Å². The Hall–Kier alpha value is -1.59. The summed E-state index contributed by atoms with van der Waals surface area (Å²) < 4.78 is 5.15. The molecule has 2 rings (SSSR count). The molecule has 1 heterocycles. The van der Waals surface area contributed by atoms with Gasteiger partial charge in [-0.1, -0.05) is 12.1 Å². The maximum absolute atomic E-state index is 10.6. The Labute approximate surface area is 113 Å². The van der Waals surface area contributed by atoms with E-state index in [9.17, 15) is 9.90 Å². The largest absolute Gasteiger partial charge is 0.497 e. The van der Waals surface area contributed by atoms with Crippen LogP contribution in [0.15, 0.2) is 24.3 Å². The van der Waals surface area contributed by atoms with E-state index in [4.69, 9.17) is 4.74 Å². The molecule has 0 radical (unpaired) electrons. The van der Waals surface area contributed by atoms with E-state index in [-0.39, 0.29) is 0 Å². The summed E-state index contributed by atoms with van der Waals surface area (Å²) in [6.45, 7) is 3.65. The Balaban J connectivity index is 1.90. The molecule has 1 aliphatic rings. The first-order valence-corrected chi connectivity index (χ1v) is 6.46. The average molecular weight is 264 g/mol. The smallest absolute Gasteiger partial charge is 0.209 e. The molecule has 1 atom stereocenters. The zero-order chi connectivity index (χ0) is 13.7. The molecule has 1 N–H and O–H groups in total. The summed E-state index contributed by atoms with van der Waals surface area (Å²) in [6.07, 6.45) is 0.355. The van der Waals surface area contributed by atoms with Gasteiger partial charge in [-0.05, 0) is 17.7 Å². The molecule has 1 unspecified atom stereocenters. The van der Waals surface area contributed by atoms with Gasteiger partial charge in [0.05, 0.1) is 13.2 Å². The van der Waals surface area contributed by atoms with Crippen molar-refractivity contribution in [2.75, 3.05) is 39.8 Å². The van der Waals surface area contributed by atoms with Crippen molar-refractivity contribution in [3.63, 3.8) is 0 Å². The molecule has 0 saturated carbocycles. The van der Waals surface area contributed by atoms with Crippen molar-refractivity contribution in [2.45, 2.75) is 6.10 Å². The molecule has 0 spiro atoms. The summed E-state index contributed by atoms with van der Waals surface area (Å²) in [7, 11) is 1.62. The Morgan fingerprint density at radius 1 is 1.37 bits per heavy atom. The highest BCUT2D eigenvalue weighted by Gasteiger charge is 2.19. The SMILES string of the molecule is COc1cccc(C(O)CN2CCN(C=O)CC2)c1. The lowest BCUT2D eigenvalue weighted by Gasteiger charge is -2.33. The topological polar surface area (TPSA) is 53.0 Å². The number of rotatable bonds is 5. The number of piperazine rings is 1. The molecule has 5 heteroatoms. The zero-order valence-electron chi connectivity index (χ0n) is 11.2. The lowest BCUT2D eigenvalue weighted by molar-refractivity contribution is -0.119. The number of hydrogen-bond donors (Lipinski definition) is 1. The van der Waals surface area contributed by atoms with Gasteiger partial charge in [0.2, 0.25) is 6.41 Å². The van der Waals surface area contributed by atoms with Crippen molar-refractivity contribution in [3.05, 3.63) is 29.8 Å². The molecule has 5 nitrogen and oxygen atoms in total. The van der Waals surface area contributed by atoms with Gasteiger partial charge >= 0.3 is 0 Å². The van der Waals surface area contributed by atoms with Crippen molar-refractivity contribution in [1.29, 1.82) is 0 Å². The molecule has 104 valence electrons. The Bertz CT molecular complexity index is 417. The Kier molecular flexibility index (Phi) is 4.76. The van der Waals surface area contributed by atoms with E-state index in [1.165, 1.54) is 0 Å². The summed E-state index contributed by atoms with van der Waals surface area (Å²) in [5, 5.41) is 10.2. The van der Waals surface area contributed by atoms with Crippen LogP contribution in [0, 0.1) is 0 Å². The number of benzene rings is 1. The number of carbonyl (C=O) groups is 1. The summed E-state index contributed by atoms with van der Waals surface area (Å²) in [5.41, 5.74) is 0.858. The van der Waals surface area contributed by atoms with E-state index in [1.807, 2.05) is 24.3 Å². The number of aliphatic hydroxyl groups is 1. The third-order valence-electron chi connectivity index (χ3n) is 3.47. The lowest BCUT2D eigenvalue weighted by Crippen LogP contribution is -2.46. The summed E-state index contributed by atoms with van der Waals surface area (Å²) in [6, 6.07) is 7.49. The van der Waals surface area contributed by atoms with Crippen LogP contribution in [0.2, 0.25) is 0 Å². The highest BCUT2D eigenvalue weighted by atomic mass is 16.5. The molecule has 1 aromatic carbocycles. The Morgan fingerprint density at radius 3 is 2.74 bits per heavy atom. The van der Waals surface area contributed by atoms with Crippen LogP contribution >= 0.6 is 0 Å². The second-order valence-corrected chi connectivity index (χ2v) is 4.73. The van der Waals surface area contributed by atoms with Crippen LogP contribution in [0.1, 0.15) is 11.7 Å². The fraction of sp³-hybridized carbons (Fsp3) is 0.500. The molecule has 1 aliphatic heterocycles. The maximum atomic E-state index is 10.6.